The van der Waals surface area contributed by atoms with E-state index in [4.69, 9.17) is 0 Å². The molecule has 0 saturated heterocycles. The highest BCUT2D eigenvalue weighted by Gasteiger charge is 1.95. The molecule has 0 fully saturated rings. The third kappa shape index (κ3) is 1070. The molecule has 0 N–H and O–H groups in total. The van der Waals surface area contributed by atoms with Crippen molar-refractivity contribution in [3.05, 3.63) is 12.7 Å². The van der Waals surface area contributed by atoms with E-state index in [1.54, 1.807) is 0 Å². The summed E-state index contributed by atoms with van der Waals surface area (Å²) in [5, 5.41) is 0. The molecule has 0 heteroatoms. The van der Waals surface area contributed by atoms with Crippen molar-refractivity contribution in [3.8, 4) is 0 Å². The maximum atomic E-state index is 3.48. The van der Waals surface area contributed by atoms with Gasteiger partial charge < -0.3 is 0 Å². The molecule has 0 nitrogen and oxygen atoms in total. The van der Waals surface area contributed by atoms with Gasteiger partial charge in [0.25, 0.3) is 0 Å². The summed E-state index contributed by atoms with van der Waals surface area (Å²) in [5.41, 5.74) is 0.500. The Morgan fingerprint density at radius 2 is 1.18 bits per heavy atom. The second-order valence-corrected chi connectivity index (χ2v) is 3.70. The van der Waals surface area contributed by atoms with Crippen LogP contribution in [0, 0.1) is 5.41 Å². The lowest BCUT2D eigenvalue weighted by Gasteiger charge is -2.05. The first kappa shape index (κ1) is 17.0. The summed E-state index contributed by atoms with van der Waals surface area (Å²) < 4.78 is 0. The van der Waals surface area contributed by atoms with Gasteiger partial charge in [-0.15, -0.1) is 6.58 Å². The number of allylic oxidation sites excluding steroid dienone is 1. The topological polar surface area (TPSA) is 0 Å². The Kier molecular flexibility index (Phi) is 19.2. The minimum Gasteiger partial charge on any atom is -0.103 e. The monoisotopic (exact) mass is 158 g/mol. The minimum atomic E-state index is 0.500. The average Bonchev–Trinajstić information content (AvgIpc) is 1.89. The zero-order valence-electron chi connectivity index (χ0n) is 9.49. The van der Waals surface area contributed by atoms with E-state index in [9.17, 15) is 0 Å². The molecule has 0 amide bonds. The van der Waals surface area contributed by atoms with Crippen LogP contribution >= 0.6 is 0 Å². The third-order valence-electron chi connectivity index (χ3n) is 0.289. The summed E-state index contributed by atoms with van der Waals surface area (Å²) in [7, 11) is 0. The highest BCUT2D eigenvalue weighted by molar-refractivity contribution is 4.60. The van der Waals surface area contributed by atoms with Crippen molar-refractivity contribution < 1.29 is 0 Å². The lowest BCUT2D eigenvalue weighted by Crippen LogP contribution is -1.93. The summed E-state index contributed by atoms with van der Waals surface area (Å²) in [4.78, 5) is 0. The summed E-state index contributed by atoms with van der Waals surface area (Å²) in [6.45, 7) is 18.3. The molecule has 0 aliphatic carbocycles. The van der Waals surface area contributed by atoms with Gasteiger partial charge >= 0.3 is 0 Å². The molecule has 0 unspecified atom stereocenters. The van der Waals surface area contributed by atoms with E-state index < -0.39 is 0 Å². The van der Waals surface area contributed by atoms with E-state index in [1.165, 1.54) is 0 Å². The SMILES string of the molecule is C=CCC.CC.CC(C)(C)C. The van der Waals surface area contributed by atoms with Crippen LogP contribution in [-0.2, 0) is 0 Å². The molecule has 0 heterocycles. The second-order valence-electron chi connectivity index (χ2n) is 3.70. The molecule has 0 saturated carbocycles. The highest BCUT2D eigenvalue weighted by atomic mass is 14.0. The third-order valence-corrected chi connectivity index (χ3v) is 0.289. The van der Waals surface area contributed by atoms with Crippen LogP contribution in [-0.4, -0.2) is 0 Å². The van der Waals surface area contributed by atoms with Gasteiger partial charge in [0.05, 0.1) is 0 Å². The van der Waals surface area contributed by atoms with Gasteiger partial charge in [-0.05, 0) is 11.8 Å². The number of hydrogen-bond donors (Lipinski definition) is 0. The summed E-state index contributed by atoms with van der Waals surface area (Å²) in [6.07, 6.45) is 2.96. The minimum absolute atomic E-state index is 0.500. The number of rotatable bonds is 1. The Morgan fingerprint density at radius 1 is 1.09 bits per heavy atom. The van der Waals surface area contributed by atoms with Crippen LogP contribution < -0.4 is 0 Å². The molecule has 70 valence electrons. The van der Waals surface area contributed by atoms with Crippen LogP contribution in [0.1, 0.15) is 54.9 Å². The molecular weight excluding hydrogens is 132 g/mol. The van der Waals surface area contributed by atoms with Crippen molar-refractivity contribution in [1.29, 1.82) is 0 Å². The van der Waals surface area contributed by atoms with Crippen LogP contribution in [0.15, 0.2) is 12.7 Å². The van der Waals surface area contributed by atoms with Crippen LogP contribution in [0.2, 0.25) is 0 Å². The highest BCUT2D eigenvalue weighted by Crippen LogP contribution is 2.07. The van der Waals surface area contributed by atoms with Gasteiger partial charge in [-0.2, -0.15) is 0 Å². The lowest BCUT2D eigenvalue weighted by atomic mass is 10.0. The molecule has 0 radical (unpaired) electrons. The molecule has 0 atom stereocenters. The normalized spacial score (nSPS) is 8.27. The smallest absolute Gasteiger partial charge is 0.0382 e. The van der Waals surface area contributed by atoms with Gasteiger partial charge in [-0.1, -0.05) is 54.5 Å². The fourth-order valence-electron chi connectivity index (χ4n) is 0. The first-order chi connectivity index (χ1) is 4.91. The van der Waals surface area contributed by atoms with Crippen molar-refractivity contribution in [2.75, 3.05) is 0 Å². The summed E-state index contributed by atoms with van der Waals surface area (Å²) in [6, 6.07) is 0. The van der Waals surface area contributed by atoms with Crippen LogP contribution in [0.4, 0.5) is 0 Å². The van der Waals surface area contributed by atoms with Gasteiger partial charge in [-0.3, -0.25) is 0 Å². The van der Waals surface area contributed by atoms with Crippen molar-refractivity contribution in [3.63, 3.8) is 0 Å². The first-order valence-electron chi connectivity index (χ1n) is 4.52. The Hall–Kier alpha value is -0.260. The second kappa shape index (κ2) is 12.4. The van der Waals surface area contributed by atoms with Gasteiger partial charge in [0.2, 0.25) is 0 Å². The van der Waals surface area contributed by atoms with Gasteiger partial charge in [0, 0.05) is 0 Å². The Bertz CT molecular complexity index is 48.9. The maximum absolute atomic E-state index is 3.48. The largest absolute Gasteiger partial charge is 0.103 e. The van der Waals surface area contributed by atoms with Crippen molar-refractivity contribution in [2.24, 2.45) is 5.41 Å². The Morgan fingerprint density at radius 3 is 1.18 bits per heavy atom. The van der Waals surface area contributed by atoms with Gasteiger partial charge in [0.1, 0.15) is 0 Å². The molecule has 0 aromatic carbocycles. The van der Waals surface area contributed by atoms with Gasteiger partial charge in [0.15, 0.2) is 0 Å². The summed E-state index contributed by atoms with van der Waals surface area (Å²) >= 11 is 0. The molecule has 0 spiro atoms. The zero-order valence-corrected chi connectivity index (χ0v) is 9.49. The van der Waals surface area contributed by atoms with Crippen LogP contribution in [0.25, 0.3) is 0 Å². The van der Waals surface area contributed by atoms with E-state index in [0.29, 0.717) is 5.41 Å². The van der Waals surface area contributed by atoms with Crippen molar-refractivity contribution >= 4 is 0 Å². The van der Waals surface area contributed by atoms with Crippen molar-refractivity contribution in [2.45, 2.75) is 54.9 Å². The molecule has 0 rings (SSSR count). The van der Waals surface area contributed by atoms with Crippen LogP contribution in [0.5, 0.6) is 0 Å². The van der Waals surface area contributed by atoms with Crippen molar-refractivity contribution in [1.82, 2.24) is 0 Å². The fraction of sp³-hybridized carbons (Fsp3) is 0.818. The van der Waals surface area contributed by atoms with Crippen LogP contribution in [0.3, 0.4) is 0 Å². The molecule has 0 aliphatic heterocycles. The molecule has 0 bridgehead atoms. The predicted molar refractivity (Wildman–Crippen MR) is 57.0 cm³/mol. The maximum Gasteiger partial charge on any atom is -0.0382 e. The quantitative estimate of drug-likeness (QED) is 0.487. The van der Waals surface area contributed by atoms with Gasteiger partial charge in [-0.25, -0.2) is 0 Å². The molecule has 0 aliphatic rings. The Labute approximate surface area is 73.7 Å². The van der Waals surface area contributed by atoms with E-state index in [1.807, 2.05) is 19.9 Å². The Balaban J connectivity index is -0.0000000965. The molecule has 0 aromatic rings. The fourth-order valence-corrected chi connectivity index (χ4v) is 0. The number of hydrogen-bond acceptors (Lipinski definition) is 0. The van der Waals surface area contributed by atoms with E-state index in [0.717, 1.165) is 6.42 Å². The first-order valence-corrected chi connectivity index (χ1v) is 4.52. The zero-order chi connectivity index (χ0) is 9.91. The average molecular weight is 158 g/mol. The molecule has 0 aromatic heterocycles. The predicted octanol–water partition coefficient (Wildman–Crippen LogP) is 4.66. The summed E-state index contributed by atoms with van der Waals surface area (Å²) in [5.74, 6) is 0. The molecular formula is C11H26. The van der Waals surface area contributed by atoms with E-state index in [2.05, 4.69) is 41.2 Å². The molecule has 11 heavy (non-hydrogen) atoms. The van der Waals surface area contributed by atoms with E-state index >= 15 is 0 Å². The standard InChI is InChI=1S/C5H12.C4H8.C2H6/c1-5(2,3)4;1-3-4-2;1-2/h1-4H3;3H,1,4H2,2H3;1-2H3. The van der Waals surface area contributed by atoms with E-state index in [-0.39, 0.29) is 0 Å². The lowest BCUT2D eigenvalue weighted by molar-refractivity contribution is 0.469.